The van der Waals surface area contributed by atoms with Crippen LogP contribution in [0.5, 0.6) is 11.5 Å². The van der Waals surface area contributed by atoms with Crippen molar-refractivity contribution in [2.75, 3.05) is 12.9 Å². The van der Waals surface area contributed by atoms with Gasteiger partial charge in [-0.15, -0.1) is 10.2 Å². The van der Waals surface area contributed by atoms with Crippen molar-refractivity contribution in [3.63, 3.8) is 0 Å². The zero-order chi connectivity index (χ0) is 28.8. The van der Waals surface area contributed by atoms with Gasteiger partial charge < -0.3 is 14.0 Å². The lowest BCUT2D eigenvalue weighted by Crippen LogP contribution is -2.20. The minimum Gasteiger partial charge on any atom is -0.496 e. The van der Waals surface area contributed by atoms with E-state index in [4.69, 9.17) is 21.1 Å². The Morgan fingerprint density at radius 3 is 2.66 bits per heavy atom. The number of carbonyl (C=O) groups excluding carboxylic acids is 1. The van der Waals surface area contributed by atoms with E-state index in [1.165, 1.54) is 17.3 Å². The van der Waals surface area contributed by atoms with Gasteiger partial charge in [0.25, 0.3) is 5.91 Å². The summed E-state index contributed by atoms with van der Waals surface area (Å²) in [6, 6.07) is 21.3. The van der Waals surface area contributed by atoms with Gasteiger partial charge in [-0.25, -0.2) is 5.43 Å². The van der Waals surface area contributed by atoms with Crippen molar-refractivity contribution in [1.29, 1.82) is 0 Å². The lowest BCUT2D eigenvalue weighted by molar-refractivity contribution is -0.118. The average molecular weight is 655 g/mol. The Balaban J connectivity index is 1.14. The molecule has 1 saturated carbocycles. The number of ether oxygens (including phenoxy) is 2. The summed E-state index contributed by atoms with van der Waals surface area (Å²) in [5.74, 6) is 3.13. The first kappa shape index (κ1) is 29.2. The van der Waals surface area contributed by atoms with E-state index in [-0.39, 0.29) is 11.7 Å². The Morgan fingerprint density at radius 1 is 1.15 bits per heavy atom. The van der Waals surface area contributed by atoms with E-state index < -0.39 is 0 Å². The summed E-state index contributed by atoms with van der Waals surface area (Å²) >= 11 is 10.8. The standard InChI is InChI=1S/C30H29BrClN5O3S/c1-3-37-29(26-15-25(26)20-5-9-23(32)10-6-20)35-36-30(37)41-18-28(38)34-33-16-19-4-13-27(39-2)21(14-19)17-40-24-11-7-22(31)8-12-24/h4-14,16,25-26H,3,15,17-18H2,1-2H3,(H,34,38)/b33-16-/t25-,26+/m0/s1. The summed E-state index contributed by atoms with van der Waals surface area (Å²) in [5, 5.41) is 14.4. The molecule has 3 aromatic carbocycles. The van der Waals surface area contributed by atoms with Crippen LogP contribution in [0.1, 0.15) is 47.7 Å². The molecule has 1 heterocycles. The summed E-state index contributed by atoms with van der Waals surface area (Å²) < 4.78 is 14.5. The van der Waals surface area contributed by atoms with Crippen LogP contribution in [-0.4, -0.2) is 39.7 Å². The highest BCUT2D eigenvalue weighted by Gasteiger charge is 2.43. The molecule has 41 heavy (non-hydrogen) atoms. The molecule has 2 atom stereocenters. The topological polar surface area (TPSA) is 90.6 Å². The van der Waals surface area contributed by atoms with Crippen molar-refractivity contribution in [2.24, 2.45) is 5.10 Å². The van der Waals surface area contributed by atoms with E-state index in [0.29, 0.717) is 24.2 Å². The molecule has 0 radical (unpaired) electrons. The maximum Gasteiger partial charge on any atom is 0.250 e. The lowest BCUT2D eigenvalue weighted by Gasteiger charge is -2.11. The molecule has 0 saturated heterocycles. The number of aromatic nitrogens is 3. The summed E-state index contributed by atoms with van der Waals surface area (Å²) in [7, 11) is 1.62. The monoisotopic (exact) mass is 653 g/mol. The molecular formula is C30H29BrClN5O3S. The van der Waals surface area contributed by atoms with Crippen LogP contribution in [0.3, 0.4) is 0 Å². The fourth-order valence-electron chi connectivity index (χ4n) is 4.56. The highest BCUT2D eigenvalue weighted by Crippen LogP contribution is 2.54. The molecule has 1 aliphatic carbocycles. The molecule has 1 aliphatic rings. The molecule has 0 unspecified atom stereocenters. The van der Waals surface area contributed by atoms with Crippen molar-refractivity contribution in [3.05, 3.63) is 98.7 Å². The predicted octanol–water partition coefficient (Wildman–Crippen LogP) is 6.82. The highest BCUT2D eigenvalue weighted by atomic mass is 79.9. The molecule has 1 amide bonds. The largest absolute Gasteiger partial charge is 0.496 e. The number of hydrogen-bond acceptors (Lipinski definition) is 7. The van der Waals surface area contributed by atoms with Crippen LogP contribution in [0.2, 0.25) is 5.02 Å². The molecule has 0 bridgehead atoms. The van der Waals surface area contributed by atoms with E-state index in [2.05, 4.69) is 60.3 Å². The van der Waals surface area contributed by atoms with Gasteiger partial charge in [0.05, 0.1) is 19.1 Å². The third kappa shape index (κ3) is 7.49. The number of nitrogens with zero attached hydrogens (tertiary/aromatic N) is 4. The first-order valence-electron chi connectivity index (χ1n) is 13.1. The number of halogens is 2. The number of carbonyl (C=O) groups is 1. The summed E-state index contributed by atoms with van der Waals surface area (Å²) in [6.45, 7) is 3.13. The number of benzene rings is 3. The third-order valence-electron chi connectivity index (χ3n) is 6.73. The van der Waals surface area contributed by atoms with Crippen molar-refractivity contribution >= 4 is 51.4 Å². The van der Waals surface area contributed by atoms with Gasteiger partial charge >= 0.3 is 0 Å². The van der Waals surface area contributed by atoms with E-state index >= 15 is 0 Å². The van der Waals surface area contributed by atoms with E-state index in [1.807, 2.05) is 54.6 Å². The predicted molar refractivity (Wildman–Crippen MR) is 165 cm³/mol. The molecule has 1 N–H and O–H groups in total. The minimum absolute atomic E-state index is 0.176. The molecule has 0 aliphatic heterocycles. The quantitative estimate of drug-likeness (QED) is 0.103. The summed E-state index contributed by atoms with van der Waals surface area (Å²) in [5.41, 5.74) is 5.54. The molecule has 1 fully saturated rings. The van der Waals surface area contributed by atoms with Crippen LogP contribution < -0.4 is 14.9 Å². The molecule has 4 aromatic rings. The second-order valence-electron chi connectivity index (χ2n) is 9.48. The van der Waals surface area contributed by atoms with Gasteiger partial charge in [0.15, 0.2) is 5.16 Å². The maximum atomic E-state index is 12.5. The molecular weight excluding hydrogens is 626 g/mol. The Kier molecular flexibility index (Phi) is 9.64. The molecule has 1 aromatic heterocycles. The van der Waals surface area contributed by atoms with Gasteiger partial charge in [0.1, 0.15) is 23.9 Å². The molecule has 5 rings (SSSR count). The van der Waals surface area contributed by atoms with Crippen molar-refractivity contribution < 1.29 is 14.3 Å². The maximum absolute atomic E-state index is 12.5. The Labute approximate surface area is 256 Å². The number of hydrazone groups is 1. The Bertz CT molecular complexity index is 1530. The van der Waals surface area contributed by atoms with Crippen LogP contribution >= 0.6 is 39.3 Å². The number of thioether (sulfide) groups is 1. The Morgan fingerprint density at radius 2 is 1.93 bits per heavy atom. The lowest BCUT2D eigenvalue weighted by atomic mass is 10.1. The van der Waals surface area contributed by atoms with Crippen molar-refractivity contribution in [1.82, 2.24) is 20.2 Å². The molecule has 11 heteroatoms. The highest BCUT2D eigenvalue weighted by molar-refractivity contribution is 9.10. The first-order valence-corrected chi connectivity index (χ1v) is 15.3. The molecule has 212 valence electrons. The average Bonchev–Trinajstić information content (AvgIpc) is 3.67. The number of hydrogen-bond donors (Lipinski definition) is 1. The van der Waals surface area contributed by atoms with Gasteiger partial charge in [-0.3, -0.25) is 4.79 Å². The number of nitrogens with one attached hydrogen (secondary N) is 1. The fourth-order valence-corrected chi connectivity index (χ4v) is 5.75. The Hall–Kier alpha value is -3.34. The molecule has 8 nitrogen and oxygen atoms in total. The second kappa shape index (κ2) is 13.5. The van der Waals surface area contributed by atoms with E-state index in [9.17, 15) is 4.79 Å². The summed E-state index contributed by atoms with van der Waals surface area (Å²) in [4.78, 5) is 12.5. The number of rotatable bonds is 12. The van der Waals surface area contributed by atoms with Gasteiger partial charge in [0.2, 0.25) is 0 Å². The SMILES string of the molecule is CCn1c(SCC(=O)N/N=C\c2ccc(OC)c(COc3ccc(Br)cc3)c2)nnc1[C@@H]1C[C@H]1c1ccc(Cl)cc1. The van der Waals surface area contributed by atoms with Gasteiger partial charge in [-0.05, 0) is 85.0 Å². The van der Waals surface area contributed by atoms with E-state index in [0.717, 1.165) is 50.3 Å². The van der Waals surface area contributed by atoms with Gasteiger partial charge in [-0.2, -0.15) is 5.10 Å². The second-order valence-corrected chi connectivity index (χ2v) is 11.8. The third-order valence-corrected chi connectivity index (χ3v) is 8.48. The normalized spacial score (nSPS) is 16.1. The first-order chi connectivity index (χ1) is 19.9. The van der Waals surface area contributed by atoms with Gasteiger partial charge in [0, 0.05) is 27.5 Å². The fraction of sp³-hybridized carbons (Fsp3) is 0.267. The van der Waals surface area contributed by atoms with Crippen molar-refractivity contribution in [2.45, 2.75) is 43.5 Å². The number of methoxy groups -OCH3 is 1. The molecule has 0 spiro atoms. The number of amides is 1. The minimum atomic E-state index is -0.226. The summed E-state index contributed by atoms with van der Waals surface area (Å²) in [6.07, 6.45) is 2.63. The smallest absolute Gasteiger partial charge is 0.250 e. The van der Waals surface area contributed by atoms with Crippen LogP contribution in [-0.2, 0) is 17.9 Å². The van der Waals surface area contributed by atoms with Crippen molar-refractivity contribution in [3.8, 4) is 11.5 Å². The van der Waals surface area contributed by atoms with Crippen LogP contribution in [0.25, 0.3) is 0 Å². The van der Waals surface area contributed by atoms with Crippen LogP contribution in [0.4, 0.5) is 0 Å². The zero-order valence-electron chi connectivity index (χ0n) is 22.6. The zero-order valence-corrected chi connectivity index (χ0v) is 25.7. The van der Waals surface area contributed by atoms with Crippen LogP contribution in [0.15, 0.2) is 81.5 Å². The van der Waals surface area contributed by atoms with Crippen LogP contribution in [0, 0.1) is 0 Å². The van der Waals surface area contributed by atoms with Gasteiger partial charge in [-0.1, -0.05) is 51.4 Å². The van der Waals surface area contributed by atoms with E-state index in [1.54, 1.807) is 13.3 Å².